The number of benzene rings is 1. The highest BCUT2D eigenvalue weighted by Crippen LogP contribution is 2.24. The number of carbonyl (C=O) groups is 3. The molecule has 0 aromatic heterocycles. The minimum atomic E-state index is -0.959. The van der Waals surface area contributed by atoms with E-state index in [1.54, 1.807) is 32.9 Å². The molecule has 2 unspecified atom stereocenters. The third-order valence-corrected chi connectivity index (χ3v) is 4.80. The molecule has 1 aliphatic heterocycles. The van der Waals surface area contributed by atoms with Gasteiger partial charge in [-0.1, -0.05) is 12.1 Å². The van der Waals surface area contributed by atoms with Gasteiger partial charge in [0.2, 0.25) is 0 Å². The molecule has 1 fully saturated rings. The van der Waals surface area contributed by atoms with E-state index in [1.807, 2.05) is 0 Å². The van der Waals surface area contributed by atoms with Gasteiger partial charge in [-0.05, 0) is 32.9 Å². The molecule has 2 N–H and O–H groups in total. The molecule has 0 bridgehead atoms. The highest BCUT2D eigenvalue weighted by Gasteiger charge is 2.37. The van der Waals surface area contributed by atoms with Crippen molar-refractivity contribution in [2.24, 2.45) is 0 Å². The number of nitrogens with one attached hydrogen (secondary N) is 2. The van der Waals surface area contributed by atoms with Gasteiger partial charge in [0.1, 0.15) is 24.0 Å². The summed E-state index contributed by atoms with van der Waals surface area (Å²) in [6.07, 6.45) is 0. The second-order valence-corrected chi connectivity index (χ2v) is 8.33. The third kappa shape index (κ3) is 7.19. The summed E-state index contributed by atoms with van der Waals surface area (Å²) >= 11 is 1.23. The number of amides is 1. The molecule has 1 aromatic carbocycles. The Hall–Kier alpha value is -2.86. The van der Waals surface area contributed by atoms with E-state index < -0.39 is 39.9 Å². The smallest absolute Gasteiger partial charge is 0.334 e. The highest BCUT2D eigenvalue weighted by atomic mass is 32.2. The van der Waals surface area contributed by atoms with E-state index in [2.05, 4.69) is 15.5 Å². The SMILES string of the molecule is CC(C)(C)OC(=O)C1NC(C(=O)Oc2ccccc2C(=O)NCCO[N+](=O)[O-])CS1. The van der Waals surface area contributed by atoms with Crippen LogP contribution in [0.3, 0.4) is 0 Å². The van der Waals surface area contributed by atoms with Gasteiger partial charge in [-0.15, -0.1) is 21.9 Å². The summed E-state index contributed by atoms with van der Waals surface area (Å²) in [5.41, 5.74) is -0.559. The summed E-state index contributed by atoms with van der Waals surface area (Å²) in [5.74, 6) is -1.37. The van der Waals surface area contributed by atoms with Crippen LogP contribution < -0.4 is 15.4 Å². The van der Waals surface area contributed by atoms with E-state index in [0.717, 1.165) is 0 Å². The van der Waals surface area contributed by atoms with E-state index >= 15 is 0 Å². The van der Waals surface area contributed by atoms with Gasteiger partial charge >= 0.3 is 11.9 Å². The van der Waals surface area contributed by atoms with Crippen LogP contribution in [0.2, 0.25) is 0 Å². The molecule has 12 heteroatoms. The molecule has 2 rings (SSSR count). The molecule has 1 aromatic rings. The molecule has 0 aliphatic carbocycles. The summed E-state index contributed by atoms with van der Waals surface area (Å²) in [4.78, 5) is 51.2. The monoisotopic (exact) mass is 441 g/mol. The Kier molecular flexibility index (Phi) is 8.00. The molecule has 1 aliphatic rings. The van der Waals surface area contributed by atoms with Crippen LogP contribution in [0.5, 0.6) is 5.75 Å². The lowest BCUT2D eigenvalue weighted by atomic mass is 10.2. The molecule has 30 heavy (non-hydrogen) atoms. The van der Waals surface area contributed by atoms with Crippen molar-refractivity contribution < 1.29 is 33.8 Å². The highest BCUT2D eigenvalue weighted by molar-refractivity contribution is 8.00. The molecule has 0 radical (unpaired) electrons. The fourth-order valence-corrected chi connectivity index (χ4v) is 3.46. The largest absolute Gasteiger partial charge is 0.458 e. The van der Waals surface area contributed by atoms with E-state index in [1.165, 1.54) is 23.9 Å². The molecular weight excluding hydrogens is 418 g/mol. The molecule has 1 saturated heterocycles. The summed E-state index contributed by atoms with van der Waals surface area (Å²) in [6.45, 7) is 4.85. The second-order valence-electron chi connectivity index (χ2n) is 7.20. The first-order valence-electron chi connectivity index (χ1n) is 9.03. The molecule has 1 amide bonds. The summed E-state index contributed by atoms with van der Waals surface area (Å²) < 4.78 is 10.7. The predicted molar refractivity (Wildman–Crippen MR) is 106 cm³/mol. The van der Waals surface area contributed by atoms with Crippen LogP contribution in [0, 0.1) is 10.1 Å². The van der Waals surface area contributed by atoms with Crippen molar-refractivity contribution in [2.45, 2.75) is 37.8 Å². The van der Waals surface area contributed by atoms with Gasteiger partial charge in [0.05, 0.1) is 5.56 Å². The lowest BCUT2D eigenvalue weighted by molar-refractivity contribution is -0.757. The quantitative estimate of drug-likeness (QED) is 0.196. The zero-order valence-corrected chi connectivity index (χ0v) is 17.5. The molecule has 0 spiro atoms. The van der Waals surface area contributed by atoms with Gasteiger partial charge in [0, 0.05) is 12.3 Å². The first-order chi connectivity index (χ1) is 14.1. The van der Waals surface area contributed by atoms with Gasteiger partial charge < -0.3 is 19.6 Å². The van der Waals surface area contributed by atoms with E-state index in [-0.39, 0.29) is 24.5 Å². The number of thioether (sulfide) groups is 1. The molecule has 11 nitrogen and oxygen atoms in total. The first kappa shape index (κ1) is 23.4. The Morgan fingerprint density at radius 2 is 1.97 bits per heavy atom. The zero-order chi connectivity index (χ0) is 22.3. The maximum Gasteiger partial charge on any atom is 0.334 e. The van der Waals surface area contributed by atoms with Crippen LogP contribution in [-0.2, 0) is 19.2 Å². The van der Waals surface area contributed by atoms with Gasteiger partial charge in [0.15, 0.2) is 5.37 Å². The maximum atomic E-state index is 12.5. The number of rotatable bonds is 8. The topological polar surface area (TPSA) is 146 Å². The Morgan fingerprint density at radius 1 is 1.27 bits per heavy atom. The zero-order valence-electron chi connectivity index (χ0n) is 16.7. The number of para-hydroxylation sites is 1. The van der Waals surface area contributed by atoms with Crippen molar-refractivity contribution in [3.8, 4) is 5.75 Å². The standard InChI is InChI=1S/C18H23N3O8S/c1-18(2,3)29-17(24)15-20-12(10-30-15)16(23)28-13-7-5-4-6-11(13)14(22)19-8-9-27-21(25)26/h4-7,12,15,20H,8-10H2,1-3H3,(H,19,22). The van der Waals surface area contributed by atoms with Gasteiger partial charge in [-0.25, -0.2) is 9.59 Å². The van der Waals surface area contributed by atoms with Crippen LogP contribution in [0.1, 0.15) is 31.1 Å². The summed E-state index contributed by atoms with van der Waals surface area (Å²) in [7, 11) is 0. The Morgan fingerprint density at radius 3 is 2.63 bits per heavy atom. The van der Waals surface area contributed by atoms with Gasteiger partial charge in [0.25, 0.3) is 11.0 Å². The maximum absolute atomic E-state index is 12.5. The average Bonchev–Trinajstić information content (AvgIpc) is 3.14. The van der Waals surface area contributed by atoms with Crippen molar-refractivity contribution in [3.05, 3.63) is 39.9 Å². The summed E-state index contributed by atoms with van der Waals surface area (Å²) in [5, 5.41) is 13.8. The number of esters is 2. The Bertz CT molecular complexity index is 811. The van der Waals surface area contributed by atoms with Crippen molar-refractivity contribution in [3.63, 3.8) is 0 Å². The molecular formula is C18H23N3O8S. The molecule has 164 valence electrons. The second kappa shape index (κ2) is 10.3. The van der Waals surface area contributed by atoms with Crippen molar-refractivity contribution in [1.29, 1.82) is 0 Å². The lowest BCUT2D eigenvalue weighted by Crippen LogP contribution is -2.44. The van der Waals surface area contributed by atoms with Crippen LogP contribution in [0.15, 0.2) is 24.3 Å². The average molecular weight is 441 g/mol. The van der Waals surface area contributed by atoms with Crippen LogP contribution in [0.25, 0.3) is 0 Å². The van der Waals surface area contributed by atoms with Crippen LogP contribution in [0.4, 0.5) is 0 Å². The number of ether oxygens (including phenoxy) is 2. The van der Waals surface area contributed by atoms with Crippen molar-refractivity contribution in [2.75, 3.05) is 18.9 Å². The number of nitrogens with zero attached hydrogens (tertiary/aromatic N) is 1. The number of hydrogen-bond acceptors (Lipinski definition) is 10. The first-order valence-corrected chi connectivity index (χ1v) is 10.1. The Labute approximate surface area is 176 Å². The number of hydrogen-bond donors (Lipinski definition) is 2. The molecule has 2 atom stereocenters. The van der Waals surface area contributed by atoms with Crippen LogP contribution >= 0.6 is 11.8 Å². The normalized spacial score (nSPS) is 18.4. The lowest BCUT2D eigenvalue weighted by Gasteiger charge is -2.22. The third-order valence-electron chi connectivity index (χ3n) is 3.61. The minimum absolute atomic E-state index is 0.0303. The Balaban J connectivity index is 1.94. The summed E-state index contributed by atoms with van der Waals surface area (Å²) in [6, 6.07) is 5.33. The fraction of sp³-hybridized carbons (Fsp3) is 0.500. The van der Waals surface area contributed by atoms with E-state index in [4.69, 9.17) is 9.47 Å². The fourth-order valence-electron chi connectivity index (χ4n) is 2.40. The van der Waals surface area contributed by atoms with Crippen molar-refractivity contribution in [1.82, 2.24) is 10.6 Å². The van der Waals surface area contributed by atoms with Gasteiger partial charge in [-0.3, -0.25) is 10.1 Å². The van der Waals surface area contributed by atoms with Crippen molar-refractivity contribution >= 4 is 29.6 Å². The predicted octanol–water partition coefficient (Wildman–Crippen LogP) is 0.903. The minimum Gasteiger partial charge on any atom is -0.458 e. The van der Waals surface area contributed by atoms with Gasteiger partial charge in [-0.2, -0.15) is 0 Å². The molecule has 0 saturated carbocycles. The van der Waals surface area contributed by atoms with Crippen LogP contribution in [-0.4, -0.2) is 58.9 Å². The van der Waals surface area contributed by atoms with E-state index in [9.17, 15) is 24.5 Å². The molecule has 1 heterocycles. The number of carbonyl (C=O) groups excluding carboxylic acids is 3. The van der Waals surface area contributed by atoms with E-state index in [0.29, 0.717) is 5.75 Å².